The minimum Gasteiger partial charge on any atom is -0.350 e. The molecule has 2 heterocycles. The lowest BCUT2D eigenvalue weighted by molar-refractivity contribution is -0.118. The Hall–Kier alpha value is -2.68. The summed E-state index contributed by atoms with van der Waals surface area (Å²) in [5.74, 6) is 2.41. The molecule has 6 nitrogen and oxygen atoms in total. The van der Waals surface area contributed by atoms with Gasteiger partial charge in [0.25, 0.3) is 5.91 Å². The second-order valence-electron chi connectivity index (χ2n) is 5.71. The van der Waals surface area contributed by atoms with Crippen LogP contribution in [0.5, 0.6) is 0 Å². The molecule has 2 aliphatic rings. The van der Waals surface area contributed by atoms with Crippen LogP contribution in [0.2, 0.25) is 0 Å². The number of carbonyl (C=O) groups is 2. The summed E-state index contributed by atoms with van der Waals surface area (Å²) in [7, 11) is 0. The molecule has 0 radical (unpaired) electrons. The van der Waals surface area contributed by atoms with E-state index in [1.165, 1.54) is 0 Å². The van der Waals surface area contributed by atoms with Crippen molar-refractivity contribution >= 4 is 17.5 Å². The number of amides is 2. The lowest BCUT2D eigenvalue weighted by Crippen LogP contribution is -2.35. The van der Waals surface area contributed by atoms with Crippen LogP contribution < -0.4 is 10.2 Å². The number of nitrogens with zero attached hydrogens (tertiary/aromatic N) is 3. The number of hydrogen-bond acceptors (Lipinski definition) is 4. The molecule has 0 unspecified atom stereocenters. The first-order valence-electron chi connectivity index (χ1n) is 7.70. The molecular weight excluding hydrogens is 292 g/mol. The van der Waals surface area contributed by atoms with E-state index in [0.29, 0.717) is 50.0 Å². The molecule has 0 aliphatic carbocycles. The third-order valence-corrected chi connectivity index (χ3v) is 4.15. The molecule has 1 aromatic carbocycles. The molecule has 118 valence electrons. The monoisotopic (exact) mass is 310 g/mol. The molecule has 23 heavy (non-hydrogen) atoms. The second kappa shape index (κ2) is 6.21. The number of terminal acetylenes is 1. The Kier molecular flexibility index (Phi) is 4.11. The number of fused-ring (bicyclic) bond motifs is 1. The minimum atomic E-state index is -0.457. The SMILES string of the molecule is C#CCCC1(CCC(=O)N2CCNC(=O)c3ccccc32)N=N1. The Morgan fingerprint density at radius 1 is 1.35 bits per heavy atom. The number of para-hydroxylation sites is 1. The normalized spacial score (nSPS) is 17.7. The highest BCUT2D eigenvalue weighted by molar-refractivity contribution is 6.05. The van der Waals surface area contributed by atoms with Crippen LogP contribution >= 0.6 is 0 Å². The van der Waals surface area contributed by atoms with Gasteiger partial charge < -0.3 is 10.2 Å². The summed E-state index contributed by atoms with van der Waals surface area (Å²) in [5, 5.41) is 10.9. The number of anilines is 1. The Labute approximate surface area is 135 Å². The van der Waals surface area contributed by atoms with Crippen molar-refractivity contribution in [2.45, 2.75) is 31.3 Å². The van der Waals surface area contributed by atoms with Gasteiger partial charge in [0.15, 0.2) is 5.66 Å². The standard InChI is InChI=1S/C17H18N4O2/c1-2-3-9-17(19-20-17)10-8-15(22)21-12-11-18-16(23)13-6-4-5-7-14(13)21/h1,4-7H,3,8-12H2,(H,18,23). The maximum atomic E-state index is 12.6. The molecule has 1 aromatic rings. The lowest BCUT2D eigenvalue weighted by Gasteiger charge is -2.22. The molecule has 0 saturated carbocycles. The van der Waals surface area contributed by atoms with Crippen LogP contribution in [-0.4, -0.2) is 30.6 Å². The highest BCUT2D eigenvalue weighted by Crippen LogP contribution is 2.38. The van der Waals surface area contributed by atoms with Gasteiger partial charge in [-0.1, -0.05) is 12.1 Å². The molecule has 0 spiro atoms. The minimum absolute atomic E-state index is 0.0219. The van der Waals surface area contributed by atoms with Gasteiger partial charge >= 0.3 is 0 Å². The third-order valence-electron chi connectivity index (χ3n) is 4.15. The first kappa shape index (κ1) is 15.2. The molecule has 6 heteroatoms. The predicted molar refractivity (Wildman–Crippen MR) is 86.0 cm³/mol. The smallest absolute Gasteiger partial charge is 0.253 e. The van der Waals surface area contributed by atoms with Crippen molar-refractivity contribution < 1.29 is 9.59 Å². The third kappa shape index (κ3) is 3.24. The molecule has 3 rings (SSSR count). The molecule has 2 aliphatic heterocycles. The van der Waals surface area contributed by atoms with Crippen molar-refractivity contribution in [3.63, 3.8) is 0 Å². The Balaban J connectivity index is 1.69. The number of benzene rings is 1. The molecule has 0 atom stereocenters. The zero-order valence-electron chi connectivity index (χ0n) is 12.8. The van der Waals surface area contributed by atoms with Crippen molar-refractivity contribution in [3.8, 4) is 12.3 Å². The van der Waals surface area contributed by atoms with Crippen LogP contribution in [0.1, 0.15) is 36.0 Å². The van der Waals surface area contributed by atoms with E-state index in [4.69, 9.17) is 6.42 Å². The first-order chi connectivity index (χ1) is 11.2. The van der Waals surface area contributed by atoms with Gasteiger partial charge in [-0.2, -0.15) is 10.2 Å². The molecule has 0 fully saturated rings. The van der Waals surface area contributed by atoms with Gasteiger partial charge in [-0.05, 0) is 12.1 Å². The average molecular weight is 310 g/mol. The number of rotatable bonds is 5. The Morgan fingerprint density at radius 3 is 2.87 bits per heavy atom. The first-order valence-corrected chi connectivity index (χ1v) is 7.70. The van der Waals surface area contributed by atoms with Gasteiger partial charge in [-0.15, -0.1) is 12.3 Å². The van der Waals surface area contributed by atoms with E-state index in [9.17, 15) is 9.59 Å². The fourth-order valence-electron chi connectivity index (χ4n) is 2.77. The van der Waals surface area contributed by atoms with E-state index in [1.54, 1.807) is 23.1 Å². The maximum absolute atomic E-state index is 12.6. The fourth-order valence-corrected chi connectivity index (χ4v) is 2.77. The summed E-state index contributed by atoms with van der Waals surface area (Å²) >= 11 is 0. The van der Waals surface area contributed by atoms with E-state index < -0.39 is 5.66 Å². The summed E-state index contributed by atoms with van der Waals surface area (Å²) in [6, 6.07) is 7.16. The lowest BCUT2D eigenvalue weighted by atomic mass is 10.0. The van der Waals surface area contributed by atoms with Gasteiger partial charge in [0.2, 0.25) is 5.91 Å². The summed E-state index contributed by atoms with van der Waals surface area (Å²) < 4.78 is 0. The van der Waals surface area contributed by atoms with Crippen molar-refractivity contribution in [1.29, 1.82) is 0 Å². The van der Waals surface area contributed by atoms with Crippen molar-refractivity contribution in [1.82, 2.24) is 5.32 Å². The van der Waals surface area contributed by atoms with E-state index >= 15 is 0 Å². The molecule has 1 N–H and O–H groups in total. The maximum Gasteiger partial charge on any atom is 0.253 e. The van der Waals surface area contributed by atoms with Crippen LogP contribution in [0.3, 0.4) is 0 Å². The number of nitrogens with one attached hydrogen (secondary N) is 1. The summed E-state index contributed by atoms with van der Waals surface area (Å²) in [6.07, 6.45) is 7.46. The van der Waals surface area contributed by atoms with Gasteiger partial charge in [0.1, 0.15) is 0 Å². The van der Waals surface area contributed by atoms with Crippen LogP contribution in [0.15, 0.2) is 34.5 Å². The summed E-state index contributed by atoms with van der Waals surface area (Å²) in [6.45, 7) is 0.906. The van der Waals surface area contributed by atoms with E-state index in [2.05, 4.69) is 21.5 Å². The van der Waals surface area contributed by atoms with Gasteiger partial charge in [0.05, 0.1) is 11.3 Å². The summed E-state index contributed by atoms with van der Waals surface area (Å²) in [5.41, 5.74) is 0.734. The van der Waals surface area contributed by atoms with E-state index in [-0.39, 0.29) is 11.8 Å². The number of carbonyl (C=O) groups excluding carboxylic acids is 2. The zero-order chi connectivity index (χ0) is 16.3. The topological polar surface area (TPSA) is 74.1 Å². The van der Waals surface area contributed by atoms with Crippen molar-refractivity contribution in [2.75, 3.05) is 18.0 Å². The average Bonchev–Trinajstić information content (AvgIpc) is 3.36. The zero-order valence-corrected chi connectivity index (χ0v) is 12.8. The Morgan fingerprint density at radius 2 is 2.13 bits per heavy atom. The van der Waals surface area contributed by atoms with Gasteiger partial charge in [0, 0.05) is 38.8 Å². The fraction of sp³-hybridized carbons (Fsp3) is 0.412. The van der Waals surface area contributed by atoms with E-state index in [0.717, 1.165) is 0 Å². The van der Waals surface area contributed by atoms with Crippen LogP contribution in [0, 0.1) is 12.3 Å². The highest BCUT2D eigenvalue weighted by atomic mass is 16.2. The Bertz CT molecular complexity index is 699. The number of hydrogen-bond donors (Lipinski definition) is 1. The van der Waals surface area contributed by atoms with Gasteiger partial charge in [-0.25, -0.2) is 0 Å². The van der Waals surface area contributed by atoms with Crippen molar-refractivity contribution in [2.24, 2.45) is 10.2 Å². The molecule has 0 bridgehead atoms. The second-order valence-corrected chi connectivity index (χ2v) is 5.71. The quantitative estimate of drug-likeness (QED) is 0.846. The van der Waals surface area contributed by atoms with Crippen molar-refractivity contribution in [3.05, 3.63) is 29.8 Å². The van der Waals surface area contributed by atoms with Crippen LogP contribution in [-0.2, 0) is 4.79 Å². The highest BCUT2D eigenvalue weighted by Gasteiger charge is 2.40. The molecule has 0 aromatic heterocycles. The predicted octanol–water partition coefficient (Wildman–Crippen LogP) is 2.12. The molecular formula is C17H18N4O2. The van der Waals surface area contributed by atoms with Gasteiger partial charge in [-0.3, -0.25) is 9.59 Å². The van der Waals surface area contributed by atoms with Crippen LogP contribution in [0.25, 0.3) is 0 Å². The van der Waals surface area contributed by atoms with Crippen LogP contribution in [0.4, 0.5) is 5.69 Å². The largest absolute Gasteiger partial charge is 0.350 e. The molecule has 2 amide bonds. The summed E-state index contributed by atoms with van der Waals surface area (Å²) in [4.78, 5) is 26.3. The van der Waals surface area contributed by atoms with E-state index in [1.807, 2.05) is 6.07 Å². The molecule has 0 saturated heterocycles.